The van der Waals surface area contributed by atoms with Crippen molar-refractivity contribution in [3.05, 3.63) is 110 Å². The maximum Gasteiger partial charge on any atom is 0.282 e. The summed E-state index contributed by atoms with van der Waals surface area (Å²) in [6, 6.07) is 16.8. The van der Waals surface area contributed by atoms with Crippen molar-refractivity contribution in [3.63, 3.8) is 0 Å². The maximum absolute atomic E-state index is 13.5. The molecule has 0 spiro atoms. The van der Waals surface area contributed by atoms with Gasteiger partial charge in [-0.15, -0.1) is 6.58 Å². The lowest BCUT2D eigenvalue weighted by molar-refractivity contribution is 0.282. The van der Waals surface area contributed by atoms with Gasteiger partial charge in [-0.3, -0.25) is 4.79 Å². The van der Waals surface area contributed by atoms with Crippen LogP contribution in [0.15, 0.2) is 81.6 Å². The molecule has 0 amide bonds. The molecule has 0 unspecified atom stereocenters. The van der Waals surface area contributed by atoms with Crippen LogP contribution in [0.4, 0.5) is 0 Å². The summed E-state index contributed by atoms with van der Waals surface area (Å²) in [4.78, 5) is 18.2. The van der Waals surface area contributed by atoms with Crippen LogP contribution in [0.2, 0.25) is 5.02 Å². The number of hydrogen-bond acceptors (Lipinski definition) is 5. The topological polar surface area (TPSA) is 65.7 Å². The number of hydrogen-bond donors (Lipinski definition) is 0. The van der Waals surface area contributed by atoms with Gasteiger partial charge in [-0.25, -0.2) is 4.98 Å². The van der Waals surface area contributed by atoms with Crippen LogP contribution < -0.4 is 15.0 Å². The van der Waals surface area contributed by atoms with Gasteiger partial charge >= 0.3 is 0 Å². The lowest BCUT2D eigenvalue weighted by Gasteiger charge is -2.16. The lowest BCUT2D eigenvalue weighted by atomic mass is 10.1. The number of rotatable bonds is 10. The van der Waals surface area contributed by atoms with Crippen LogP contribution in [-0.4, -0.2) is 23.0 Å². The standard InChI is InChI=1S/C30H29BrClN3O3/c1-5-7-22-14-21(15-27(37-4)28(22)38-18-20-8-11-24(32)12-9-20)17-33-35-29(19(3)6-2)34-26-13-10-23(31)16-25(26)30(35)36/h5,8-17,19H,1,6-7,18H2,2-4H3/t19-/m1/s1. The van der Waals surface area contributed by atoms with E-state index < -0.39 is 0 Å². The van der Waals surface area contributed by atoms with Crippen LogP contribution in [0.1, 0.15) is 48.7 Å². The Morgan fingerprint density at radius 1 is 1.18 bits per heavy atom. The number of ether oxygens (including phenoxy) is 2. The Balaban J connectivity index is 1.74. The molecule has 6 nitrogen and oxygen atoms in total. The summed E-state index contributed by atoms with van der Waals surface area (Å²) in [5.74, 6) is 1.86. The predicted molar refractivity (Wildman–Crippen MR) is 158 cm³/mol. The highest BCUT2D eigenvalue weighted by molar-refractivity contribution is 9.10. The fraction of sp³-hybridized carbons (Fsp3) is 0.233. The third-order valence-electron chi connectivity index (χ3n) is 6.24. The summed E-state index contributed by atoms with van der Waals surface area (Å²) in [6.07, 6.45) is 4.84. The zero-order chi connectivity index (χ0) is 27.2. The first-order valence-electron chi connectivity index (χ1n) is 12.3. The van der Waals surface area contributed by atoms with E-state index >= 15 is 0 Å². The molecule has 4 aromatic rings. The largest absolute Gasteiger partial charge is 0.493 e. The van der Waals surface area contributed by atoms with Crippen LogP contribution in [0, 0.1) is 0 Å². The van der Waals surface area contributed by atoms with Crippen LogP contribution in [0.5, 0.6) is 11.5 Å². The second-order valence-electron chi connectivity index (χ2n) is 8.92. The van der Waals surface area contributed by atoms with Gasteiger partial charge in [0.15, 0.2) is 11.5 Å². The molecule has 0 aliphatic heterocycles. The summed E-state index contributed by atoms with van der Waals surface area (Å²) in [5.41, 5.74) is 3.07. The number of nitrogens with zero attached hydrogens (tertiary/aromatic N) is 3. The van der Waals surface area contributed by atoms with Gasteiger partial charge in [-0.2, -0.15) is 9.78 Å². The first kappa shape index (κ1) is 27.6. The van der Waals surface area contributed by atoms with Crippen LogP contribution in [0.25, 0.3) is 10.9 Å². The van der Waals surface area contributed by atoms with E-state index in [0.717, 1.165) is 27.6 Å². The number of methoxy groups -OCH3 is 1. The van der Waals surface area contributed by atoms with Crippen LogP contribution in [0.3, 0.4) is 0 Å². The van der Waals surface area contributed by atoms with Crippen molar-refractivity contribution < 1.29 is 9.47 Å². The third-order valence-corrected chi connectivity index (χ3v) is 6.99. The van der Waals surface area contributed by atoms with Gasteiger partial charge in [-0.05, 0) is 66.4 Å². The van der Waals surface area contributed by atoms with Crippen molar-refractivity contribution in [3.8, 4) is 11.5 Å². The number of aromatic nitrogens is 2. The lowest BCUT2D eigenvalue weighted by Crippen LogP contribution is -2.23. The Hall–Kier alpha value is -3.42. The number of halogens is 2. The van der Waals surface area contributed by atoms with E-state index in [0.29, 0.717) is 46.3 Å². The van der Waals surface area contributed by atoms with Crippen molar-refractivity contribution in [2.75, 3.05) is 7.11 Å². The molecule has 196 valence electrons. The Bertz CT molecular complexity index is 1550. The Kier molecular flexibility index (Phi) is 9.02. The molecule has 8 heteroatoms. The summed E-state index contributed by atoms with van der Waals surface area (Å²) in [7, 11) is 1.60. The van der Waals surface area contributed by atoms with Gasteiger partial charge in [0.25, 0.3) is 5.56 Å². The van der Waals surface area contributed by atoms with Crippen LogP contribution in [-0.2, 0) is 13.0 Å². The molecule has 0 aliphatic rings. The van der Waals surface area contributed by atoms with E-state index in [-0.39, 0.29) is 11.5 Å². The van der Waals surface area contributed by atoms with Gasteiger partial charge in [0.1, 0.15) is 12.4 Å². The molecule has 1 aromatic heterocycles. The molecule has 1 atom stereocenters. The molecule has 38 heavy (non-hydrogen) atoms. The van der Waals surface area contributed by atoms with E-state index in [1.54, 1.807) is 19.4 Å². The van der Waals surface area contributed by atoms with E-state index in [9.17, 15) is 4.79 Å². The average molecular weight is 595 g/mol. The first-order chi connectivity index (χ1) is 18.3. The van der Waals surface area contributed by atoms with Crippen molar-refractivity contribution >= 4 is 44.6 Å². The molecular weight excluding hydrogens is 566 g/mol. The molecule has 0 radical (unpaired) electrons. The molecule has 3 aromatic carbocycles. The smallest absolute Gasteiger partial charge is 0.282 e. The minimum atomic E-state index is -0.218. The Morgan fingerprint density at radius 2 is 1.95 bits per heavy atom. The van der Waals surface area contributed by atoms with E-state index in [4.69, 9.17) is 26.1 Å². The normalized spacial score (nSPS) is 12.1. The van der Waals surface area contributed by atoms with E-state index in [2.05, 4.69) is 34.5 Å². The van der Waals surface area contributed by atoms with Crippen molar-refractivity contribution in [1.82, 2.24) is 9.66 Å². The fourth-order valence-corrected chi connectivity index (χ4v) is 4.51. The van der Waals surface area contributed by atoms with Gasteiger partial charge in [-0.1, -0.05) is 59.6 Å². The summed E-state index contributed by atoms with van der Waals surface area (Å²) >= 11 is 9.45. The van der Waals surface area contributed by atoms with E-state index in [1.165, 1.54) is 4.68 Å². The van der Waals surface area contributed by atoms with E-state index in [1.807, 2.05) is 61.5 Å². The Morgan fingerprint density at radius 3 is 2.63 bits per heavy atom. The monoisotopic (exact) mass is 593 g/mol. The van der Waals surface area contributed by atoms with Gasteiger partial charge in [0, 0.05) is 21.0 Å². The number of allylic oxidation sites excluding steroid dienone is 1. The maximum atomic E-state index is 13.5. The summed E-state index contributed by atoms with van der Waals surface area (Å²) in [5, 5.41) is 5.77. The number of fused-ring (bicyclic) bond motifs is 1. The highest BCUT2D eigenvalue weighted by Gasteiger charge is 2.17. The van der Waals surface area contributed by atoms with Gasteiger partial charge < -0.3 is 9.47 Å². The van der Waals surface area contributed by atoms with Crippen molar-refractivity contribution in [2.24, 2.45) is 5.10 Å². The highest BCUT2D eigenvalue weighted by Crippen LogP contribution is 2.34. The zero-order valence-corrected chi connectivity index (χ0v) is 23.9. The molecule has 0 fully saturated rings. The van der Waals surface area contributed by atoms with Gasteiger partial charge in [0.05, 0.1) is 24.2 Å². The zero-order valence-electron chi connectivity index (χ0n) is 21.6. The molecule has 4 rings (SSSR count). The summed E-state index contributed by atoms with van der Waals surface area (Å²) in [6.45, 7) is 8.35. The molecule has 1 heterocycles. The molecule has 0 saturated heterocycles. The molecule has 0 saturated carbocycles. The quantitative estimate of drug-likeness (QED) is 0.141. The Labute approximate surface area is 235 Å². The molecular formula is C30H29BrClN3O3. The second kappa shape index (κ2) is 12.4. The van der Waals surface area contributed by atoms with Crippen molar-refractivity contribution in [1.29, 1.82) is 0 Å². The minimum absolute atomic E-state index is 0.0439. The van der Waals surface area contributed by atoms with Gasteiger partial charge in [0.2, 0.25) is 0 Å². The summed E-state index contributed by atoms with van der Waals surface area (Å²) < 4.78 is 14.1. The predicted octanol–water partition coefficient (Wildman–Crippen LogP) is 7.52. The SMILES string of the molecule is C=CCc1cc(C=Nn2c([C@H](C)CC)nc3ccc(Br)cc3c2=O)cc(OC)c1OCc1ccc(Cl)cc1. The minimum Gasteiger partial charge on any atom is -0.493 e. The third kappa shape index (κ3) is 6.17. The van der Waals surface area contributed by atoms with Crippen molar-refractivity contribution in [2.45, 2.75) is 39.2 Å². The second-order valence-corrected chi connectivity index (χ2v) is 10.3. The molecule has 0 aliphatic carbocycles. The average Bonchev–Trinajstić information content (AvgIpc) is 2.92. The fourth-order valence-electron chi connectivity index (χ4n) is 4.02. The number of benzene rings is 3. The first-order valence-corrected chi connectivity index (χ1v) is 13.5. The molecule has 0 bridgehead atoms. The van der Waals surface area contributed by atoms with Crippen LogP contribution >= 0.6 is 27.5 Å². The molecule has 0 N–H and O–H groups in total. The highest BCUT2D eigenvalue weighted by atomic mass is 79.9.